The lowest BCUT2D eigenvalue weighted by Gasteiger charge is -2.32. The lowest BCUT2D eigenvalue weighted by Crippen LogP contribution is -2.26. The predicted molar refractivity (Wildman–Crippen MR) is 111 cm³/mol. The van der Waals surface area contributed by atoms with E-state index in [0.29, 0.717) is 0 Å². The minimum Gasteiger partial charge on any atom is -0.396 e. The van der Waals surface area contributed by atoms with Gasteiger partial charge in [0.05, 0.1) is 0 Å². The Morgan fingerprint density at radius 2 is 1.19 bits per heavy atom. The Bertz CT molecular complexity index is 907. The highest BCUT2D eigenvalue weighted by Crippen LogP contribution is 2.56. The molecule has 0 saturated carbocycles. The molecule has 3 aromatic rings. The van der Waals surface area contributed by atoms with Crippen LogP contribution in [0, 0.1) is 0 Å². The average Bonchev–Trinajstić information content (AvgIpc) is 3.02. The van der Waals surface area contributed by atoms with E-state index < -0.39 is 0 Å². The molecule has 0 radical (unpaired) electrons. The third kappa shape index (κ3) is 2.99. The van der Waals surface area contributed by atoms with Crippen LogP contribution < -0.4 is 0 Å². The monoisotopic (exact) mass is 358 g/mol. The van der Waals surface area contributed by atoms with E-state index in [0.717, 1.165) is 25.7 Å². The minimum absolute atomic E-state index is 0.137. The molecule has 2 heteroatoms. The summed E-state index contributed by atoms with van der Waals surface area (Å²) >= 11 is 0. The standard InChI is InChI=1S/C25H26O2/c26-17-7-15-25(16-8-18-27)22-13-5-4-11-21(22)24-20(12-6-14-23(24)25)19-9-2-1-3-10-19/h1-6,9-14,26-27H,7-8,15-18H2. The second-order valence-corrected chi connectivity index (χ2v) is 7.38. The van der Waals surface area contributed by atoms with Crippen LogP contribution in [-0.4, -0.2) is 23.4 Å². The SMILES string of the molecule is OCCCC1(CCCO)c2ccccc2-c2c(-c3ccccc3)cccc21. The Hall–Kier alpha value is -2.42. The first-order valence-electron chi connectivity index (χ1n) is 9.82. The van der Waals surface area contributed by atoms with Crippen LogP contribution in [-0.2, 0) is 5.41 Å². The Labute approximate surface area is 161 Å². The fraction of sp³-hybridized carbons (Fsp3) is 0.280. The van der Waals surface area contributed by atoms with Crippen LogP contribution in [0.15, 0.2) is 72.8 Å². The summed E-state index contributed by atoms with van der Waals surface area (Å²) in [5.41, 5.74) is 7.64. The molecule has 0 spiro atoms. The summed E-state index contributed by atoms with van der Waals surface area (Å²) in [5.74, 6) is 0. The number of benzene rings is 3. The molecule has 1 aliphatic carbocycles. The molecule has 0 aliphatic heterocycles. The Morgan fingerprint density at radius 3 is 1.89 bits per heavy atom. The number of rotatable bonds is 7. The van der Waals surface area contributed by atoms with Crippen LogP contribution >= 0.6 is 0 Å². The van der Waals surface area contributed by atoms with Gasteiger partial charge in [-0.05, 0) is 59.1 Å². The van der Waals surface area contributed by atoms with E-state index in [4.69, 9.17) is 0 Å². The van der Waals surface area contributed by atoms with Gasteiger partial charge in [-0.15, -0.1) is 0 Å². The molecule has 0 amide bonds. The highest BCUT2D eigenvalue weighted by atomic mass is 16.3. The van der Waals surface area contributed by atoms with Gasteiger partial charge in [0.1, 0.15) is 0 Å². The van der Waals surface area contributed by atoms with Gasteiger partial charge in [-0.2, -0.15) is 0 Å². The van der Waals surface area contributed by atoms with Crippen LogP contribution in [0.3, 0.4) is 0 Å². The number of hydrogen-bond acceptors (Lipinski definition) is 2. The molecular weight excluding hydrogens is 332 g/mol. The van der Waals surface area contributed by atoms with Crippen LogP contribution in [0.4, 0.5) is 0 Å². The first kappa shape index (κ1) is 18.0. The third-order valence-electron chi connectivity index (χ3n) is 5.90. The van der Waals surface area contributed by atoms with E-state index in [1.807, 2.05) is 6.07 Å². The van der Waals surface area contributed by atoms with Crippen LogP contribution in [0.5, 0.6) is 0 Å². The van der Waals surface area contributed by atoms with Crippen molar-refractivity contribution in [1.82, 2.24) is 0 Å². The number of hydrogen-bond donors (Lipinski definition) is 2. The molecule has 0 aromatic heterocycles. The zero-order valence-electron chi connectivity index (χ0n) is 15.6. The topological polar surface area (TPSA) is 40.5 Å². The third-order valence-corrected chi connectivity index (χ3v) is 5.90. The van der Waals surface area contributed by atoms with Crippen molar-refractivity contribution in [3.63, 3.8) is 0 Å². The van der Waals surface area contributed by atoms with Crippen LogP contribution in [0.1, 0.15) is 36.8 Å². The summed E-state index contributed by atoms with van der Waals surface area (Å²) in [4.78, 5) is 0. The Kier molecular flexibility index (Phi) is 5.11. The van der Waals surface area contributed by atoms with Gasteiger partial charge < -0.3 is 10.2 Å². The molecule has 2 nitrogen and oxygen atoms in total. The lowest BCUT2D eigenvalue weighted by atomic mass is 9.71. The first-order chi connectivity index (χ1) is 13.3. The molecule has 3 aromatic carbocycles. The normalized spacial score (nSPS) is 14.0. The number of aliphatic hydroxyl groups excluding tert-OH is 2. The van der Waals surface area contributed by atoms with Crippen molar-refractivity contribution in [3.05, 3.63) is 83.9 Å². The van der Waals surface area contributed by atoms with Gasteiger partial charge in [-0.1, -0.05) is 72.8 Å². The molecule has 0 bridgehead atoms. The second-order valence-electron chi connectivity index (χ2n) is 7.38. The van der Waals surface area contributed by atoms with Crippen LogP contribution in [0.25, 0.3) is 22.3 Å². The number of aliphatic hydroxyl groups is 2. The summed E-state index contributed by atoms with van der Waals surface area (Å²) in [7, 11) is 0. The summed E-state index contributed by atoms with van der Waals surface area (Å²) < 4.78 is 0. The molecule has 0 atom stereocenters. The van der Waals surface area contributed by atoms with Crippen molar-refractivity contribution in [2.24, 2.45) is 0 Å². The van der Waals surface area contributed by atoms with Crippen LogP contribution in [0.2, 0.25) is 0 Å². The van der Waals surface area contributed by atoms with Gasteiger partial charge in [0, 0.05) is 18.6 Å². The summed E-state index contributed by atoms with van der Waals surface area (Å²) in [6.07, 6.45) is 3.31. The van der Waals surface area contributed by atoms with Crippen molar-refractivity contribution < 1.29 is 10.2 Å². The van der Waals surface area contributed by atoms with Gasteiger partial charge in [-0.25, -0.2) is 0 Å². The molecule has 0 heterocycles. The van der Waals surface area contributed by atoms with Gasteiger partial charge >= 0.3 is 0 Å². The van der Waals surface area contributed by atoms with Crippen molar-refractivity contribution in [2.45, 2.75) is 31.1 Å². The van der Waals surface area contributed by atoms with Gasteiger partial charge in [-0.3, -0.25) is 0 Å². The molecule has 2 N–H and O–H groups in total. The smallest absolute Gasteiger partial charge is 0.0431 e. The molecule has 0 saturated heterocycles. The summed E-state index contributed by atoms with van der Waals surface area (Å²) in [5, 5.41) is 19.1. The quantitative estimate of drug-likeness (QED) is 0.612. The molecular formula is C25H26O2. The molecule has 138 valence electrons. The lowest BCUT2D eigenvalue weighted by molar-refractivity contribution is 0.247. The minimum atomic E-state index is -0.137. The van der Waals surface area contributed by atoms with Crippen molar-refractivity contribution in [3.8, 4) is 22.3 Å². The maximum atomic E-state index is 9.55. The van der Waals surface area contributed by atoms with Crippen molar-refractivity contribution >= 4 is 0 Å². The maximum Gasteiger partial charge on any atom is 0.0431 e. The van der Waals surface area contributed by atoms with Gasteiger partial charge in [0.15, 0.2) is 0 Å². The first-order valence-corrected chi connectivity index (χ1v) is 9.82. The van der Waals surface area contributed by atoms with E-state index in [1.54, 1.807) is 0 Å². The van der Waals surface area contributed by atoms with Gasteiger partial charge in [0.25, 0.3) is 0 Å². The highest BCUT2D eigenvalue weighted by molar-refractivity contribution is 5.92. The predicted octanol–water partition coefficient (Wildman–Crippen LogP) is 5.17. The van der Waals surface area contributed by atoms with Crippen molar-refractivity contribution in [1.29, 1.82) is 0 Å². The maximum absolute atomic E-state index is 9.55. The van der Waals surface area contributed by atoms with E-state index >= 15 is 0 Å². The second kappa shape index (κ2) is 7.67. The largest absolute Gasteiger partial charge is 0.396 e. The fourth-order valence-electron chi connectivity index (χ4n) is 4.79. The Balaban J connectivity index is 1.97. The number of fused-ring (bicyclic) bond motifs is 3. The summed E-state index contributed by atoms with van der Waals surface area (Å²) in [6, 6.07) is 25.8. The molecule has 4 rings (SSSR count). The molecule has 0 fully saturated rings. The summed E-state index contributed by atoms with van der Waals surface area (Å²) in [6.45, 7) is 0.382. The molecule has 27 heavy (non-hydrogen) atoms. The average molecular weight is 358 g/mol. The fourth-order valence-corrected chi connectivity index (χ4v) is 4.79. The Morgan fingerprint density at radius 1 is 0.593 bits per heavy atom. The zero-order chi connectivity index (χ0) is 18.7. The van der Waals surface area contributed by atoms with E-state index in [-0.39, 0.29) is 18.6 Å². The molecule has 1 aliphatic rings. The van der Waals surface area contributed by atoms with E-state index in [2.05, 4.69) is 66.7 Å². The van der Waals surface area contributed by atoms with E-state index in [1.165, 1.54) is 33.4 Å². The van der Waals surface area contributed by atoms with Crippen molar-refractivity contribution in [2.75, 3.05) is 13.2 Å². The van der Waals surface area contributed by atoms with Gasteiger partial charge in [0.2, 0.25) is 0 Å². The molecule has 0 unspecified atom stereocenters. The highest BCUT2D eigenvalue weighted by Gasteiger charge is 2.42. The zero-order valence-corrected chi connectivity index (χ0v) is 15.6. The van der Waals surface area contributed by atoms with E-state index in [9.17, 15) is 10.2 Å².